The van der Waals surface area contributed by atoms with Crippen LogP contribution in [0.1, 0.15) is 188 Å². The van der Waals surface area contributed by atoms with E-state index in [2.05, 4.69) is 262 Å². The average Bonchev–Trinajstić information content (AvgIpc) is 3.33. The van der Waals surface area contributed by atoms with Crippen molar-refractivity contribution in [3.05, 3.63) is 172 Å². The Morgan fingerprint density at radius 2 is 0.838 bits per heavy atom. The van der Waals surface area contributed by atoms with E-state index in [-0.39, 0.29) is 44.6 Å². The van der Waals surface area contributed by atoms with Gasteiger partial charge in [-0.1, -0.05) is 203 Å². The van der Waals surface area contributed by atoms with Crippen molar-refractivity contribution in [3.63, 3.8) is 0 Å². The predicted octanol–water partition coefficient (Wildman–Crippen LogP) is 18.0. The third-order valence-electron chi connectivity index (χ3n) is 18.6. The van der Waals surface area contributed by atoms with E-state index in [4.69, 9.17) is 0 Å². The quantitative estimate of drug-likeness (QED) is 0.162. The zero-order chi connectivity index (χ0) is 53.0. The molecule has 0 amide bonds. The number of aryl methyl sites for hydroxylation is 1. The van der Waals surface area contributed by atoms with Crippen molar-refractivity contribution in [2.45, 2.75) is 188 Å². The number of nitrogens with zero attached hydrogens (tertiary/aromatic N) is 2. The normalized spacial score (nSPS) is 18.0. The highest BCUT2D eigenvalue weighted by atomic mass is 15.2. The fourth-order valence-electron chi connectivity index (χ4n) is 13.4. The summed E-state index contributed by atoms with van der Waals surface area (Å²) in [7, 11) is 0. The molecule has 11 rings (SSSR count). The van der Waals surface area contributed by atoms with Crippen molar-refractivity contribution in [3.8, 4) is 22.3 Å². The SMILES string of the molecule is Cc1cc(C(C)(C)C)ccc1N1c2ccc(-c3ccccc3)cc2B2c3cc4c(cc3N(c3ccc(C(C)(C)C)cc3-c3ccc5c(c3)C(C)(C)CCC5(C)C)c3cc(C(C)(C)C)cc1c32)C(C)(C)CCC4(C)C. The Morgan fingerprint density at radius 1 is 0.365 bits per heavy atom. The molecule has 74 heavy (non-hydrogen) atoms. The largest absolute Gasteiger partial charge is 0.311 e. The third-order valence-corrected chi connectivity index (χ3v) is 18.6. The minimum absolute atomic E-state index is 0.0124. The van der Waals surface area contributed by atoms with Crippen LogP contribution in [0.5, 0.6) is 0 Å². The van der Waals surface area contributed by atoms with Gasteiger partial charge in [0, 0.05) is 34.0 Å². The first-order valence-corrected chi connectivity index (χ1v) is 28.0. The number of benzene rings is 7. The zero-order valence-electron chi connectivity index (χ0n) is 48.4. The standard InChI is InChI=1S/C71H83BN2/c1-44-36-48(65(2,3)4)26-30-58(44)73-60-29-25-46(45-22-20-19-21-23-45)38-56(60)72-57-42-54-55(71(17,18)35-34-70(54,15)16)43-61(57)74(63-41-50(67(8,9)10)40-62(73)64(63)72)59-31-27-49(66(5,6)7)39-51(59)47-24-28-52-53(37-47)69(13,14)33-32-68(52,11)12/h19-31,36-43H,32-35H2,1-18H3. The summed E-state index contributed by atoms with van der Waals surface area (Å²) in [5.74, 6) is 0. The van der Waals surface area contributed by atoms with Crippen molar-refractivity contribution in [1.82, 2.24) is 0 Å². The third kappa shape index (κ3) is 8.12. The van der Waals surface area contributed by atoms with Gasteiger partial charge in [0.2, 0.25) is 0 Å². The lowest BCUT2D eigenvalue weighted by atomic mass is 9.33. The number of rotatable bonds is 4. The molecule has 2 nitrogen and oxygen atoms in total. The van der Waals surface area contributed by atoms with Crippen LogP contribution in [-0.4, -0.2) is 6.71 Å². The van der Waals surface area contributed by atoms with E-state index in [0.29, 0.717) is 0 Å². The molecule has 0 saturated heterocycles. The van der Waals surface area contributed by atoms with Gasteiger partial charge in [0.25, 0.3) is 6.71 Å². The van der Waals surface area contributed by atoms with E-state index >= 15 is 0 Å². The van der Waals surface area contributed by atoms with Crippen LogP contribution in [0.4, 0.5) is 34.1 Å². The van der Waals surface area contributed by atoms with Gasteiger partial charge < -0.3 is 9.80 Å². The Morgan fingerprint density at radius 3 is 1.41 bits per heavy atom. The predicted molar refractivity (Wildman–Crippen MR) is 323 cm³/mol. The summed E-state index contributed by atoms with van der Waals surface area (Å²) in [4.78, 5) is 5.41. The molecule has 0 aromatic heterocycles. The monoisotopic (exact) mass is 975 g/mol. The molecule has 0 bridgehead atoms. The topological polar surface area (TPSA) is 6.48 Å². The van der Waals surface area contributed by atoms with Gasteiger partial charge in [-0.2, -0.15) is 0 Å². The van der Waals surface area contributed by atoms with Gasteiger partial charge in [-0.05, 0) is 191 Å². The second-order valence-corrected chi connectivity index (χ2v) is 28.9. The van der Waals surface area contributed by atoms with Crippen LogP contribution in [0.3, 0.4) is 0 Å². The molecule has 0 saturated carbocycles. The van der Waals surface area contributed by atoms with Crippen LogP contribution >= 0.6 is 0 Å². The molecule has 0 spiro atoms. The number of anilines is 6. The smallest absolute Gasteiger partial charge is 0.252 e. The highest BCUT2D eigenvalue weighted by molar-refractivity contribution is 7.00. The Balaban J connectivity index is 1.30. The minimum Gasteiger partial charge on any atom is -0.311 e. The van der Waals surface area contributed by atoms with Gasteiger partial charge in [-0.15, -0.1) is 0 Å². The highest BCUT2D eigenvalue weighted by Gasteiger charge is 2.48. The van der Waals surface area contributed by atoms with E-state index in [1.165, 1.54) is 130 Å². The maximum Gasteiger partial charge on any atom is 0.252 e. The fraction of sp³-hybridized carbons (Fsp3) is 0.408. The molecule has 7 aromatic rings. The van der Waals surface area contributed by atoms with Crippen molar-refractivity contribution >= 4 is 57.2 Å². The van der Waals surface area contributed by atoms with Gasteiger partial charge in [0.05, 0.1) is 5.69 Å². The summed E-state index contributed by atoms with van der Waals surface area (Å²) in [6.07, 6.45) is 4.69. The molecule has 0 atom stereocenters. The molecule has 380 valence electrons. The lowest BCUT2D eigenvalue weighted by Crippen LogP contribution is -2.62. The van der Waals surface area contributed by atoms with Crippen molar-refractivity contribution in [2.24, 2.45) is 0 Å². The Labute approximate surface area is 447 Å². The Bertz CT molecular complexity index is 3410. The molecule has 0 unspecified atom stereocenters. The van der Waals surface area contributed by atoms with E-state index in [1.807, 2.05) is 0 Å². The number of fused-ring (bicyclic) bond motifs is 6. The van der Waals surface area contributed by atoms with Crippen LogP contribution in [0.15, 0.2) is 127 Å². The van der Waals surface area contributed by atoms with E-state index in [9.17, 15) is 0 Å². The van der Waals surface area contributed by atoms with Crippen LogP contribution in [-0.2, 0) is 37.9 Å². The lowest BCUT2D eigenvalue weighted by Gasteiger charge is -2.48. The summed E-state index contributed by atoms with van der Waals surface area (Å²) in [6.45, 7) is 43.5. The molecule has 0 fully saturated rings. The molecule has 0 N–H and O–H groups in total. The molecular weight excluding hydrogens is 892 g/mol. The molecule has 2 heterocycles. The lowest BCUT2D eigenvalue weighted by molar-refractivity contribution is 0.332. The molecular formula is C71H83BN2. The van der Waals surface area contributed by atoms with Crippen LogP contribution in [0.25, 0.3) is 22.3 Å². The van der Waals surface area contributed by atoms with Gasteiger partial charge in [-0.3, -0.25) is 0 Å². The molecule has 3 heteroatoms. The van der Waals surface area contributed by atoms with Crippen molar-refractivity contribution in [2.75, 3.05) is 9.80 Å². The summed E-state index contributed by atoms with van der Waals surface area (Å²) in [6, 6.07) is 51.3. The zero-order valence-corrected chi connectivity index (χ0v) is 48.4. The Hall–Kier alpha value is -5.80. The van der Waals surface area contributed by atoms with E-state index in [1.54, 1.807) is 0 Å². The van der Waals surface area contributed by atoms with Crippen LogP contribution in [0, 0.1) is 6.92 Å². The van der Waals surface area contributed by atoms with Crippen LogP contribution < -0.4 is 26.2 Å². The second-order valence-electron chi connectivity index (χ2n) is 28.9. The second kappa shape index (κ2) is 16.6. The summed E-state index contributed by atoms with van der Waals surface area (Å²) in [5.41, 5.74) is 28.2. The molecule has 4 aliphatic rings. The maximum atomic E-state index is 2.76. The van der Waals surface area contributed by atoms with Crippen molar-refractivity contribution < 1.29 is 0 Å². The fourth-order valence-corrected chi connectivity index (χ4v) is 13.4. The first-order valence-electron chi connectivity index (χ1n) is 28.0. The average molecular weight is 975 g/mol. The summed E-state index contributed by atoms with van der Waals surface area (Å²) < 4.78 is 0. The van der Waals surface area contributed by atoms with E-state index in [0.717, 1.165) is 12.8 Å². The minimum atomic E-state index is -0.140. The van der Waals surface area contributed by atoms with Gasteiger partial charge in [-0.25, -0.2) is 0 Å². The highest BCUT2D eigenvalue weighted by Crippen LogP contribution is 2.54. The van der Waals surface area contributed by atoms with Gasteiger partial charge >= 0.3 is 0 Å². The Kier molecular flexibility index (Phi) is 11.3. The molecule has 0 radical (unpaired) electrons. The number of hydrogen-bond donors (Lipinski definition) is 0. The molecule has 2 aliphatic heterocycles. The molecule has 7 aromatic carbocycles. The first kappa shape index (κ1) is 50.4. The van der Waals surface area contributed by atoms with Gasteiger partial charge in [0.1, 0.15) is 0 Å². The number of hydrogen-bond acceptors (Lipinski definition) is 2. The molecule has 2 aliphatic carbocycles. The van der Waals surface area contributed by atoms with Gasteiger partial charge in [0.15, 0.2) is 0 Å². The first-order chi connectivity index (χ1) is 34.5. The maximum absolute atomic E-state index is 2.76. The summed E-state index contributed by atoms with van der Waals surface area (Å²) >= 11 is 0. The van der Waals surface area contributed by atoms with Crippen molar-refractivity contribution in [1.29, 1.82) is 0 Å². The van der Waals surface area contributed by atoms with E-state index < -0.39 is 0 Å². The summed E-state index contributed by atoms with van der Waals surface area (Å²) in [5, 5.41) is 0. The van der Waals surface area contributed by atoms with Crippen LogP contribution in [0.2, 0.25) is 0 Å².